The van der Waals surface area contributed by atoms with Crippen LogP contribution in [0.25, 0.3) is 33.5 Å². The van der Waals surface area contributed by atoms with E-state index in [2.05, 4.69) is 15.0 Å². The highest BCUT2D eigenvalue weighted by Gasteiger charge is 2.09. The molecule has 4 rings (SSSR count). The molecular weight excluding hydrogens is 322 g/mol. The molecule has 0 aliphatic heterocycles. The molecule has 6 heteroatoms. The summed E-state index contributed by atoms with van der Waals surface area (Å²) in [5.41, 5.74) is 4.55. The van der Waals surface area contributed by atoms with E-state index in [-0.39, 0.29) is 5.75 Å². The van der Waals surface area contributed by atoms with E-state index >= 15 is 0 Å². The van der Waals surface area contributed by atoms with Crippen LogP contribution in [0.4, 0.5) is 0 Å². The first-order chi connectivity index (χ1) is 11.7. The summed E-state index contributed by atoms with van der Waals surface area (Å²) in [7, 11) is 0. The van der Waals surface area contributed by atoms with Gasteiger partial charge in [0.2, 0.25) is 0 Å². The van der Waals surface area contributed by atoms with Crippen LogP contribution < -0.4 is 0 Å². The summed E-state index contributed by atoms with van der Waals surface area (Å²) in [6.07, 6.45) is 4.24. The molecular formula is C18H11N3O2S. The molecule has 0 bridgehead atoms. The predicted molar refractivity (Wildman–Crippen MR) is 93.1 cm³/mol. The van der Waals surface area contributed by atoms with Crippen LogP contribution in [0.2, 0.25) is 0 Å². The number of hydrogen-bond donors (Lipinski definition) is 1. The average molecular weight is 333 g/mol. The van der Waals surface area contributed by atoms with Crippen LogP contribution in [-0.2, 0) is 0 Å². The zero-order valence-corrected chi connectivity index (χ0v) is 13.2. The summed E-state index contributed by atoms with van der Waals surface area (Å²) < 4.78 is 0. The number of fused-ring (bicyclic) bond motifs is 1. The van der Waals surface area contributed by atoms with E-state index in [9.17, 15) is 9.90 Å². The molecule has 4 aromatic rings. The second kappa shape index (κ2) is 5.82. The van der Waals surface area contributed by atoms with Crippen molar-refractivity contribution in [3.05, 3.63) is 59.0 Å². The van der Waals surface area contributed by atoms with Crippen molar-refractivity contribution in [2.45, 2.75) is 0 Å². The Bertz CT molecular complexity index is 1040. The standard InChI is InChI=1S/C18H11N3O2S/c22-8-13-9-24-10-15(13)12-5-16-17(19-6-12)7-20-18(21-16)11-1-3-14(23)4-2-11/h1-10,23H. The Morgan fingerprint density at radius 2 is 1.79 bits per heavy atom. The molecule has 0 saturated carbocycles. The van der Waals surface area contributed by atoms with Gasteiger partial charge in [0.15, 0.2) is 12.1 Å². The molecule has 0 aliphatic carbocycles. The summed E-state index contributed by atoms with van der Waals surface area (Å²) in [6, 6.07) is 8.62. The number of hydrogen-bond acceptors (Lipinski definition) is 6. The summed E-state index contributed by atoms with van der Waals surface area (Å²) in [6.45, 7) is 0. The van der Waals surface area contributed by atoms with Gasteiger partial charge in [0.05, 0.1) is 11.7 Å². The van der Waals surface area contributed by atoms with Gasteiger partial charge < -0.3 is 5.11 Å². The minimum Gasteiger partial charge on any atom is -0.508 e. The normalized spacial score (nSPS) is 10.8. The van der Waals surface area contributed by atoms with Crippen LogP contribution in [-0.4, -0.2) is 26.3 Å². The Hall–Kier alpha value is -3.12. The van der Waals surface area contributed by atoms with Gasteiger partial charge in [-0.05, 0) is 35.7 Å². The van der Waals surface area contributed by atoms with Gasteiger partial charge in [-0.3, -0.25) is 9.78 Å². The lowest BCUT2D eigenvalue weighted by atomic mass is 10.1. The van der Waals surface area contributed by atoms with Gasteiger partial charge in [0, 0.05) is 33.8 Å². The predicted octanol–water partition coefficient (Wildman–Crippen LogP) is 3.94. The molecule has 5 nitrogen and oxygen atoms in total. The lowest BCUT2D eigenvalue weighted by Gasteiger charge is -2.05. The summed E-state index contributed by atoms with van der Waals surface area (Å²) in [5.74, 6) is 0.754. The molecule has 116 valence electrons. The van der Waals surface area contributed by atoms with E-state index < -0.39 is 0 Å². The van der Waals surface area contributed by atoms with Crippen LogP contribution in [0.5, 0.6) is 5.75 Å². The van der Waals surface area contributed by atoms with E-state index in [1.807, 2.05) is 16.8 Å². The second-order valence-corrected chi connectivity index (χ2v) is 5.97. The van der Waals surface area contributed by atoms with Gasteiger partial charge in [0.25, 0.3) is 0 Å². The van der Waals surface area contributed by atoms with E-state index in [1.165, 1.54) is 11.3 Å². The minimum absolute atomic E-state index is 0.197. The number of carbonyl (C=O) groups excluding carboxylic acids is 1. The summed E-state index contributed by atoms with van der Waals surface area (Å²) in [5, 5.41) is 13.1. The highest BCUT2D eigenvalue weighted by Crippen LogP contribution is 2.28. The molecule has 24 heavy (non-hydrogen) atoms. The fraction of sp³-hybridized carbons (Fsp3) is 0. The second-order valence-electron chi connectivity index (χ2n) is 5.23. The number of pyridine rings is 1. The number of rotatable bonds is 3. The van der Waals surface area contributed by atoms with Gasteiger partial charge >= 0.3 is 0 Å². The largest absolute Gasteiger partial charge is 0.508 e. The first-order valence-corrected chi connectivity index (χ1v) is 8.13. The number of aromatic nitrogens is 3. The van der Waals surface area contributed by atoms with E-state index in [1.54, 1.807) is 36.7 Å². The van der Waals surface area contributed by atoms with Crippen LogP contribution in [0, 0.1) is 0 Å². The highest BCUT2D eigenvalue weighted by molar-refractivity contribution is 7.08. The first-order valence-electron chi connectivity index (χ1n) is 7.18. The maximum absolute atomic E-state index is 11.1. The van der Waals surface area contributed by atoms with Crippen molar-refractivity contribution in [2.24, 2.45) is 0 Å². The summed E-state index contributed by atoms with van der Waals surface area (Å²) >= 11 is 1.48. The summed E-state index contributed by atoms with van der Waals surface area (Å²) in [4.78, 5) is 24.4. The zero-order chi connectivity index (χ0) is 16.5. The molecule has 0 spiro atoms. The highest BCUT2D eigenvalue weighted by atomic mass is 32.1. The molecule has 0 radical (unpaired) electrons. The molecule has 3 aromatic heterocycles. The molecule has 0 unspecified atom stereocenters. The van der Waals surface area contributed by atoms with Gasteiger partial charge in [-0.15, -0.1) is 0 Å². The first kappa shape index (κ1) is 14.5. The molecule has 0 fully saturated rings. The van der Waals surface area contributed by atoms with E-state index in [4.69, 9.17) is 0 Å². The molecule has 0 amide bonds. The Kier molecular flexibility index (Phi) is 3.51. The smallest absolute Gasteiger partial charge is 0.159 e. The van der Waals surface area contributed by atoms with Crippen LogP contribution in [0.15, 0.2) is 53.5 Å². The molecule has 3 heterocycles. The van der Waals surface area contributed by atoms with Crippen molar-refractivity contribution in [1.29, 1.82) is 0 Å². The zero-order valence-electron chi connectivity index (χ0n) is 12.4. The van der Waals surface area contributed by atoms with Gasteiger partial charge in [-0.2, -0.15) is 11.3 Å². The Balaban J connectivity index is 1.83. The number of phenolic OH excluding ortho intramolecular Hbond substituents is 1. The fourth-order valence-electron chi connectivity index (χ4n) is 2.45. The third-order valence-electron chi connectivity index (χ3n) is 3.69. The topological polar surface area (TPSA) is 76.0 Å². The number of benzene rings is 1. The van der Waals surface area contributed by atoms with Crippen molar-refractivity contribution in [3.8, 4) is 28.3 Å². The van der Waals surface area contributed by atoms with E-state index in [0.717, 1.165) is 23.0 Å². The third kappa shape index (κ3) is 2.53. The molecule has 0 atom stereocenters. The van der Waals surface area contributed by atoms with Crippen molar-refractivity contribution >= 4 is 28.7 Å². The van der Waals surface area contributed by atoms with Crippen molar-refractivity contribution < 1.29 is 9.90 Å². The minimum atomic E-state index is 0.197. The van der Waals surface area contributed by atoms with Crippen LogP contribution in [0.3, 0.4) is 0 Å². The van der Waals surface area contributed by atoms with Gasteiger partial charge in [0.1, 0.15) is 11.3 Å². The number of aldehydes is 1. The van der Waals surface area contributed by atoms with Crippen molar-refractivity contribution in [2.75, 3.05) is 0 Å². The Labute approximate surface area is 141 Å². The third-order valence-corrected chi connectivity index (χ3v) is 4.45. The average Bonchev–Trinajstić information content (AvgIpc) is 3.10. The Morgan fingerprint density at radius 3 is 2.58 bits per heavy atom. The molecule has 0 saturated heterocycles. The fourth-order valence-corrected chi connectivity index (χ4v) is 3.25. The van der Waals surface area contributed by atoms with Gasteiger partial charge in [-0.1, -0.05) is 0 Å². The van der Waals surface area contributed by atoms with Crippen LogP contribution in [0.1, 0.15) is 10.4 Å². The maximum Gasteiger partial charge on any atom is 0.159 e. The quantitative estimate of drug-likeness (QED) is 0.575. The lowest BCUT2D eigenvalue weighted by Crippen LogP contribution is -1.92. The molecule has 0 aliphatic rings. The van der Waals surface area contributed by atoms with Gasteiger partial charge in [-0.25, -0.2) is 9.97 Å². The number of aromatic hydroxyl groups is 1. The van der Waals surface area contributed by atoms with Crippen molar-refractivity contribution in [1.82, 2.24) is 15.0 Å². The number of carbonyl (C=O) groups is 1. The monoisotopic (exact) mass is 333 g/mol. The van der Waals surface area contributed by atoms with Crippen molar-refractivity contribution in [3.63, 3.8) is 0 Å². The maximum atomic E-state index is 11.1. The SMILES string of the molecule is O=Cc1cscc1-c1cnc2cnc(-c3ccc(O)cc3)nc2c1. The van der Waals surface area contributed by atoms with E-state index in [0.29, 0.717) is 22.4 Å². The lowest BCUT2D eigenvalue weighted by molar-refractivity contribution is 0.112. The number of phenols is 1. The Morgan fingerprint density at radius 1 is 0.958 bits per heavy atom. The number of nitrogens with zero attached hydrogens (tertiary/aromatic N) is 3. The van der Waals surface area contributed by atoms with Crippen LogP contribution >= 0.6 is 11.3 Å². The molecule has 1 aromatic carbocycles. The number of thiophene rings is 1. The molecule has 1 N–H and O–H groups in total.